The number of hydrogen-bond donors (Lipinski definition) is 2. The second kappa shape index (κ2) is 5.80. The van der Waals surface area contributed by atoms with E-state index in [1.165, 1.54) is 14.2 Å². The highest BCUT2D eigenvalue weighted by Crippen LogP contribution is 2.11. The largest absolute Gasteiger partial charge is 0.467 e. The van der Waals surface area contributed by atoms with Gasteiger partial charge < -0.3 is 19.8 Å². The zero-order chi connectivity index (χ0) is 12.8. The van der Waals surface area contributed by atoms with Crippen LogP contribution in [0.15, 0.2) is 12.4 Å². The predicted molar refractivity (Wildman–Crippen MR) is 63.7 cm³/mol. The summed E-state index contributed by atoms with van der Waals surface area (Å²) in [6.45, 7) is 0.643. The number of anilines is 1. The van der Waals surface area contributed by atoms with Gasteiger partial charge in [0.05, 0.1) is 14.2 Å². The Kier molecular flexibility index (Phi) is 3.90. The minimum Gasteiger partial charge on any atom is -0.467 e. The number of rotatable bonds is 6. The van der Waals surface area contributed by atoms with Crippen LogP contribution >= 0.6 is 0 Å². The third-order valence-electron chi connectivity index (χ3n) is 2.16. The smallest absolute Gasteiger partial charge is 0.324 e. The van der Waals surface area contributed by atoms with E-state index >= 15 is 0 Å². The fourth-order valence-corrected chi connectivity index (χ4v) is 1.33. The van der Waals surface area contributed by atoms with Crippen molar-refractivity contribution in [3.63, 3.8) is 0 Å². The first kappa shape index (κ1) is 12.1. The number of hydrogen-bond acceptors (Lipinski definition) is 7. The highest BCUT2D eigenvalue weighted by atomic mass is 16.5. The first-order chi connectivity index (χ1) is 8.81. The summed E-state index contributed by atoms with van der Waals surface area (Å²) in [4.78, 5) is 19.1. The summed E-state index contributed by atoms with van der Waals surface area (Å²) >= 11 is 0. The second-order valence-electron chi connectivity index (χ2n) is 3.35. The minimum absolute atomic E-state index is 0.211. The van der Waals surface area contributed by atoms with E-state index in [1.807, 2.05) is 0 Å². The van der Waals surface area contributed by atoms with Crippen LogP contribution in [0.5, 0.6) is 12.0 Å². The number of aromatic nitrogens is 5. The number of nitrogens with zero attached hydrogens (tertiary/aromatic N) is 4. The quantitative estimate of drug-likeness (QED) is 0.759. The summed E-state index contributed by atoms with van der Waals surface area (Å²) < 4.78 is 9.90. The number of nitrogens with one attached hydrogen (secondary N) is 2. The van der Waals surface area contributed by atoms with Gasteiger partial charge in [-0.2, -0.15) is 9.97 Å². The summed E-state index contributed by atoms with van der Waals surface area (Å²) in [5, 5.41) is 3.05. The molecule has 2 heterocycles. The van der Waals surface area contributed by atoms with E-state index in [0.29, 0.717) is 12.5 Å². The van der Waals surface area contributed by atoms with Gasteiger partial charge in [0, 0.05) is 25.4 Å². The van der Waals surface area contributed by atoms with Gasteiger partial charge in [-0.3, -0.25) is 0 Å². The van der Waals surface area contributed by atoms with Crippen LogP contribution in [0.1, 0.15) is 5.82 Å². The monoisotopic (exact) mass is 250 g/mol. The molecule has 0 aromatic carbocycles. The molecule has 2 aromatic heterocycles. The molecular weight excluding hydrogens is 236 g/mol. The molecule has 0 bridgehead atoms. The third kappa shape index (κ3) is 3.06. The first-order valence-corrected chi connectivity index (χ1v) is 5.38. The van der Waals surface area contributed by atoms with Crippen LogP contribution in [0.4, 0.5) is 5.95 Å². The van der Waals surface area contributed by atoms with Crippen LogP contribution in [0.2, 0.25) is 0 Å². The Morgan fingerprint density at radius 3 is 2.44 bits per heavy atom. The van der Waals surface area contributed by atoms with Crippen molar-refractivity contribution in [2.75, 3.05) is 26.1 Å². The molecule has 8 nitrogen and oxygen atoms in total. The summed E-state index contributed by atoms with van der Waals surface area (Å²) in [6.07, 6.45) is 4.23. The Labute approximate surface area is 104 Å². The summed E-state index contributed by atoms with van der Waals surface area (Å²) in [7, 11) is 2.98. The molecule has 0 aliphatic carbocycles. The van der Waals surface area contributed by atoms with E-state index in [4.69, 9.17) is 9.47 Å². The average Bonchev–Trinajstić information content (AvgIpc) is 2.91. The predicted octanol–water partition coefficient (Wildman–Crippen LogP) is 0.266. The molecule has 0 radical (unpaired) electrons. The molecule has 0 atom stereocenters. The van der Waals surface area contributed by atoms with Crippen LogP contribution in [0, 0.1) is 0 Å². The fraction of sp³-hybridized carbons (Fsp3) is 0.400. The summed E-state index contributed by atoms with van der Waals surface area (Å²) in [6, 6.07) is 0.421. The molecule has 0 saturated heterocycles. The van der Waals surface area contributed by atoms with E-state index in [1.54, 1.807) is 12.4 Å². The third-order valence-corrected chi connectivity index (χ3v) is 2.16. The van der Waals surface area contributed by atoms with Crippen molar-refractivity contribution in [3.8, 4) is 12.0 Å². The zero-order valence-corrected chi connectivity index (χ0v) is 10.2. The molecule has 2 aromatic rings. The number of ether oxygens (including phenoxy) is 2. The molecule has 18 heavy (non-hydrogen) atoms. The normalized spacial score (nSPS) is 10.1. The Bertz CT molecular complexity index is 465. The van der Waals surface area contributed by atoms with Gasteiger partial charge in [0.25, 0.3) is 0 Å². The highest BCUT2D eigenvalue weighted by molar-refractivity contribution is 5.27. The standard InChI is InChI=1S/C10H14N6O2/c1-17-9-14-8(15-10(16-9)18-2)13-4-3-7-11-5-6-12-7/h5-6H,3-4H2,1-2H3,(H,11,12)(H,13,14,15,16). The molecule has 0 fully saturated rings. The first-order valence-electron chi connectivity index (χ1n) is 5.38. The topological polar surface area (TPSA) is 97.8 Å². The number of imidazole rings is 1. The maximum atomic E-state index is 4.95. The van der Waals surface area contributed by atoms with Gasteiger partial charge in [0.15, 0.2) is 0 Å². The molecule has 2 N–H and O–H groups in total. The van der Waals surface area contributed by atoms with Gasteiger partial charge in [-0.25, -0.2) is 4.98 Å². The van der Waals surface area contributed by atoms with E-state index < -0.39 is 0 Å². The van der Waals surface area contributed by atoms with Crippen molar-refractivity contribution in [2.45, 2.75) is 6.42 Å². The maximum Gasteiger partial charge on any atom is 0.324 e. The second-order valence-corrected chi connectivity index (χ2v) is 3.35. The fourth-order valence-electron chi connectivity index (χ4n) is 1.33. The van der Waals surface area contributed by atoms with Crippen molar-refractivity contribution in [1.29, 1.82) is 0 Å². The zero-order valence-electron chi connectivity index (χ0n) is 10.2. The highest BCUT2D eigenvalue weighted by Gasteiger charge is 2.06. The molecule has 0 aliphatic heterocycles. The summed E-state index contributed by atoms with van der Waals surface area (Å²) in [5.41, 5.74) is 0. The van der Waals surface area contributed by atoms with Crippen molar-refractivity contribution < 1.29 is 9.47 Å². The van der Waals surface area contributed by atoms with Crippen molar-refractivity contribution in [1.82, 2.24) is 24.9 Å². The Hall–Kier alpha value is -2.38. The molecule has 2 rings (SSSR count). The van der Waals surface area contributed by atoms with Gasteiger partial charge in [0.1, 0.15) is 5.82 Å². The molecule has 0 spiro atoms. The Balaban J connectivity index is 1.95. The van der Waals surface area contributed by atoms with Crippen molar-refractivity contribution in [3.05, 3.63) is 18.2 Å². The number of aromatic amines is 1. The van der Waals surface area contributed by atoms with Crippen LogP contribution < -0.4 is 14.8 Å². The Morgan fingerprint density at radius 1 is 1.17 bits per heavy atom. The molecule has 96 valence electrons. The molecule has 0 saturated carbocycles. The van der Waals surface area contributed by atoms with Crippen LogP contribution in [-0.2, 0) is 6.42 Å². The van der Waals surface area contributed by atoms with E-state index in [2.05, 4.69) is 30.2 Å². The van der Waals surface area contributed by atoms with Gasteiger partial charge in [-0.05, 0) is 0 Å². The molecule has 0 amide bonds. The van der Waals surface area contributed by atoms with Gasteiger partial charge >= 0.3 is 12.0 Å². The van der Waals surface area contributed by atoms with Gasteiger partial charge in [-0.15, -0.1) is 4.98 Å². The Morgan fingerprint density at radius 2 is 1.89 bits per heavy atom. The lowest BCUT2D eigenvalue weighted by atomic mass is 10.4. The molecular formula is C10H14N6O2. The SMILES string of the molecule is COc1nc(NCCc2ncc[nH]2)nc(OC)n1. The van der Waals surface area contributed by atoms with Gasteiger partial charge in [-0.1, -0.05) is 0 Å². The average molecular weight is 250 g/mol. The van der Waals surface area contributed by atoms with E-state index in [0.717, 1.165) is 12.2 Å². The van der Waals surface area contributed by atoms with Crippen LogP contribution in [-0.4, -0.2) is 45.7 Å². The van der Waals surface area contributed by atoms with Crippen LogP contribution in [0.25, 0.3) is 0 Å². The van der Waals surface area contributed by atoms with Crippen molar-refractivity contribution in [2.24, 2.45) is 0 Å². The lowest BCUT2D eigenvalue weighted by molar-refractivity contribution is 0.341. The van der Waals surface area contributed by atoms with E-state index in [-0.39, 0.29) is 12.0 Å². The number of methoxy groups -OCH3 is 2. The van der Waals surface area contributed by atoms with E-state index in [9.17, 15) is 0 Å². The van der Waals surface area contributed by atoms with Crippen LogP contribution in [0.3, 0.4) is 0 Å². The minimum atomic E-state index is 0.211. The number of H-pyrrole nitrogens is 1. The molecule has 0 unspecified atom stereocenters. The maximum absolute atomic E-state index is 4.95. The van der Waals surface area contributed by atoms with Crippen molar-refractivity contribution >= 4 is 5.95 Å². The van der Waals surface area contributed by atoms with Gasteiger partial charge in [0.2, 0.25) is 5.95 Å². The molecule has 0 aliphatic rings. The summed E-state index contributed by atoms with van der Waals surface area (Å²) in [5.74, 6) is 1.31. The molecule has 8 heteroatoms. The lowest BCUT2D eigenvalue weighted by Gasteiger charge is -2.06. The lowest BCUT2D eigenvalue weighted by Crippen LogP contribution is -2.10.